The molecule has 1 fully saturated rings. The maximum absolute atomic E-state index is 6.29. The largest absolute Gasteiger partial charge is 0.356 e. The number of fused-ring (bicyclic) bond motifs is 3. The number of aryl methyl sites for hydroxylation is 2. The summed E-state index contributed by atoms with van der Waals surface area (Å²) in [7, 11) is 0. The molecule has 0 saturated carbocycles. The van der Waals surface area contributed by atoms with E-state index >= 15 is 0 Å². The van der Waals surface area contributed by atoms with Crippen LogP contribution in [0.25, 0.3) is 10.9 Å². The molecule has 152 valence electrons. The summed E-state index contributed by atoms with van der Waals surface area (Å²) in [6.45, 7) is 6.47. The van der Waals surface area contributed by atoms with Crippen molar-refractivity contribution in [3.05, 3.63) is 46.1 Å². The lowest BCUT2D eigenvalue weighted by Crippen LogP contribution is -2.39. The van der Waals surface area contributed by atoms with Crippen LogP contribution in [0.2, 0.25) is 5.02 Å². The molecule has 2 aromatic heterocycles. The third-order valence-electron chi connectivity index (χ3n) is 5.75. The SMILES string of the molecule is Cc1nc(C)nc(N2CCc3c([nH]c4ccc(Cl)cc34)[C@@H]2CC2COCOC2)n1. The first kappa shape index (κ1) is 18.8. The van der Waals surface area contributed by atoms with E-state index < -0.39 is 0 Å². The van der Waals surface area contributed by atoms with E-state index in [0.29, 0.717) is 25.9 Å². The number of halogens is 1. The highest BCUT2D eigenvalue weighted by atomic mass is 35.5. The van der Waals surface area contributed by atoms with Crippen LogP contribution in [0, 0.1) is 19.8 Å². The van der Waals surface area contributed by atoms with Crippen molar-refractivity contribution in [2.45, 2.75) is 32.7 Å². The molecule has 0 amide bonds. The second-order valence-corrected chi connectivity index (χ2v) is 8.29. The Labute approximate surface area is 174 Å². The van der Waals surface area contributed by atoms with Gasteiger partial charge in [-0.25, -0.2) is 4.98 Å². The summed E-state index contributed by atoms with van der Waals surface area (Å²) in [5.74, 6) is 2.54. The van der Waals surface area contributed by atoms with Gasteiger partial charge in [-0.15, -0.1) is 0 Å². The molecule has 1 aromatic carbocycles. The first-order chi connectivity index (χ1) is 14.1. The molecule has 1 atom stereocenters. The number of aromatic nitrogens is 4. The van der Waals surface area contributed by atoms with E-state index in [1.165, 1.54) is 16.6 Å². The van der Waals surface area contributed by atoms with Crippen molar-refractivity contribution < 1.29 is 9.47 Å². The summed E-state index contributed by atoms with van der Waals surface area (Å²) in [6.07, 6.45) is 1.81. The average molecular weight is 414 g/mol. The second-order valence-electron chi connectivity index (χ2n) is 7.86. The van der Waals surface area contributed by atoms with E-state index in [-0.39, 0.29) is 6.04 Å². The maximum Gasteiger partial charge on any atom is 0.229 e. The molecule has 29 heavy (non-hydrogen) atoms. The molecule has 4 heterocycles. The Morgan fingerprint density at radius 1 is 1.14 bits per heavy atom. The van der Waals surface area contributed by atoms with Crippen LogP contribution >= 0.6 is 11.6 Å². The predicted octanol–water partition coefficient (Wildman–Crippen LogP) is 3.74. The number of nitrogens with one attached hydrogen (secondary N) is 1. The highest BCUT2D eigenvalue weighted by Gasteiger charge is 2.34. The molecule has 0 radical (unpaired) electrons. The summed E-state index contributed by atoms with van der Waals surface area (Å²) in [6, 6.07) is 6.16. The van der Waals surface area contributed by atoms with E-state index in [4.69, 9.17) is 21.1 Å². The van der Waals surface area contributed by atoms with Crippen LogP contribution in [0.5, 0.6) is 0 Å². The molecule has 0 unspecified atom stereocenters. The average Bonchev–Trinajstić information content (AvgIpc) is 3.06. The summed E-state index contributed by atoms with van der Waals surface area (Å²) < 4.78 is 11.1. The van der Waals surface area contributed by atoms with Crippen LogP contribution in [0.4, 0.5) is 5.95 Å². The normalized spacial score (nSPS) is 20.2. The van der Waals surface area contributed by atoms with Crippen LogP contribution in [0.3, 0.4) is 0 Å². The minimum absolute atomic E-state index is 0.112. The summed E-state index contributed by atoms with van der Waals surface area (Å²) >= 11 is 6.29. The topological polar surface area (TPSA) is 76.2 Å². The molecule has 0 bridgehead atoms. The highest BCUT2D eigenvalue weighted by molar-refractivity contribution is 6.31. The van der Waals surface area contributed by atoms with Gasteiger partial charge in [-0.2, -0.15) is 9.97 Å². The van der Waals surface area contributed by atoms with Crippen LogP contribution in [0.1, 0.15) is 35.4 Å². The van der Waals surface area contributed by atoms with Gasteiger partial charge in [-0.3, -0.25) is 0 Å². The third-order valence-corrected chi connectivity index (χ3v) is 5.98. The lowest BCUT2D eigenvalue weighted by Gasteiger charge is -2.38. The number of anilines is 1. The van der Waals surface area contributed by atoms with Crippen molar-refractivity contribution in [3.8, 4) is 0 Å². The number of ether oxygens (including phenoxy) is 2. The zero-order chi connectivity index (χ0) is 20.0. The first-order valence-electron chi connectivity index (χ1n) is 10.00. The minimum Gasteiger partial charge on any atom is -0.356 e. The molecule has 1 N–H and O–H groups in total. The van der Waals surface area contributed by atoms with E-state index in [2.05, 4.69) is 37.0 Å². The van der Waals surface area contributed by atoms with Gasteiger partial charge >= 0.3 is 0 Å². The molecule has 0 aliphatic carbocycles. The van der Waals surface area contributed by atoms with Gasteiger partial charge in [0.15, 0.2) is 0 Å². The molecule has 3 aromatic rings. The van der Waals surface area contributed by atoms with Crippen molar-refractivity contribution in [3.63, 3.8) is 0 Å². The van der Waals surface area contributed by atoms with Crippen LogP contribution in [0.15, 0.2) is 18.2 Å². The Morgan fingerprint density at radius 3 is 2.66 bits per heavy atom. The van der Waals surface area contributed by atoms with Gasteiger partial charge in [0.1, 0.15) is 18.4 Å². The zero-order valence-electron chi connectivity index (χ0n) is 16.6. The van der Waals surface area contributed by atoms with Gasteiger partial charge in [0, 0.05) is 34.1 Å². The quantitative estimate of drug-likeness (QED) is 0.704. The number of hydrogen-bond donors (Lipinski definition) is 1. The van der Waals surface area contributed by atoms with Gasteiger partial charge in [-0.1, -0.05) is 11.6 Å². The maximum atomic E-state index is 6.29. The lowest BCUT2D eigenvalue weighted by atomic mass is 9.91. The number of nitrogens with zero attached hydrogens (tertiary/aromatic N) is 4. The number of hydrogen-bond acceptors (Lipinski definition) is 6. The lowest BCUT2D eigenvalue weighted by molar-refractivity contribution is -0.128. The Morgan fingerprint density at radius 2 is 1.90 bits per heavy atom. The molecule has 2 aliphatic rings. The molecular weight excluding hydrogens is 390 g/mol. The number of aromatic amines is 1. The third kappa shape index (κ3) is 3.58. The molecule has 5 rings (SSSR count). The monoisotopic (exact) mass is 413 g/mol. The van der Waals surface area contributed by atoms with Crippen LogP contribution in [-0.4, -0.2) is 46.5 Å². The highest BCUT2D eigenvalue weighted by Crippen LogP contribution is 2.40. The number of rotatable bonds is 3. The predicted molar refractivity (Wildman–Crippen MR) is 111 cm³/mol. The van der Waals surface area contributed by atoms with Gasteiger partial charge in [0.05, 0.1) is 19.3 Å². The van der Waals surface area contributed by atoms with Crippen molar-refractivity contribution in [2.75, 3.05) is 31.5 Å². The fourth-order valence-corrected chi connectivity index (χ4v) is 4.71. The number of H-pyrrole nitrogens is 1. The first-order valence-corrected chi connectivity index (χ1v) is 10.4. The van der Waals surface area contributed by atoms with Crippen molar-refractivity contribution in [1.82, 2.24) is 19.9 Å². The van der Waals surface area contributed by atoms with E-state index in [1.807, 2.05) is 19.9 Å². The fourth-order valence-electron chi connectivity index (χ4n) is 4.54. The Balaban J connectivity index is 1.59. The summed E-state index contributed by atoms with van der Waals surface area (Å²) in [5, 5.41) is 1.97. The van der Waals surface area contributed by atoms with E-state index in [1.54, 1.807) is 0 Å². The van der Waals surface area contributed by atoms with Crippen LogP contribution < -0.4 is 4.90 Å². The Bertz CT molecular complexity index is 1030. The number of benzene rings is 1. The Kier molecular flexibility index (Phi) is 4.89. The second kappa shape index (κ2) is 7.55. The zero-order valence-corrected chi connectivity index (χ0v) is 17.4. The van der Waals surface area contributed by atoms with Crippen molar-refractivity contribution in [2.24, 2.45) is 5.92 Å². The summed E-state index contributed by atoms with van der Waals surface area (Å²) in [5.41, 5.74) is 3.67. The van der Waals surface area contributed by atoms with Gasteiger partial charge in [0.2, 0.25) is 5.95 Å². The molecule has 8 heteroatoms. The van der Waals surface area contributed by atoms with Crippen molar-refractivity contribution in [1.29, 1.82) is 0 Å². The standard InChI is InChI=1S/C21H24ClN5O2/c1-12-23-13(2)25-21(24-12)27-6-5-16-17-8-15(22)3-4-18(17)26-20(16)19(27)7-14-9-28-11-29-10-14/h3-4,8,14,19,26H,5-7,9-11H2,1-2H3/t19-/m0/s1. The molecule has 1 saturated heterocycles. The van der Waals surface area contributed by atoms with Gasteiger partial charge < -0.3 is 19.4 Å². The molecular formula is C21H24ClN5O2. The smallest absolute Gasteiger partial charge is 0.229 e. The van der Waals surface area contributed by atoms with Crippen molar-refractivity contribution >= 4 is 28.5 Å². The van der Waals surface area contributed by atoms with Gasteiger partial charge in [0.25, 0.3) is 0 Å². The molecule has 7 nitrogen and oxygen atoms in total. The molecule has 2 aliphatic heterocycles. The summed E-state index contributed by atoms with van der Waals surface area (Å²) in [4.78, 5) is 19.6. The minimum atomic E-state index is 0.112. The van der Waals surface area contributed by atoms with E-state index in [9.17, 15) is 0 Å². The van der Waals surface area contributed by atoms with Gasteiger partial charge in [-0.05, 0) is 50.5 Å². The fraction of sp³-hybridized carbons (Fsp3) is 0.476. The Hall–Kier alpha value is -2.22. The van der Waals surface area contributed by atoms with E-state index in [0.717, 1.165) is 47.5 Å². The van der Waals surface area contributed by atoms with Crippen LogP contribution in [-0.2, 0) is 15.9 Å². The molecule has 0 spiro atoms.